The highest BCUT2D eigenvalue weighted by Crippen LogP contribution is 2.13. The van der Waals surface area contributed by atoms with Gasteiger partial charge in [-0.15, -0.1) is 24.8 Å². The van der Waals surface area contributed by atoms with Crippen molar-refractivity contribution in [3.8, 4) is 0 Å². The van der Waals surface area contributed by atoms with Crippen molar-refractivity contribution in [2.24, 2.45) is 0 Å². The zero-order valence-electron chi connectivity index (χ0n) is 12.1. The van der Waals surface area contributed by atoms with Gasteiger partial charge in [-0.25, -0.2) is 13.1 Å². The minimum atomic E-state index is -3.42. The summed E-state index contributed by atoms with van der Waals surface area (Å²) in [6.45, 7) is 5.46. The molecule has 0 amide bonds. The number of benzene rings is 1. The summed E-state index contributed by atoms with van der Waals surface area (Å²) in [6, 6.07) is 6.19. The molecular weight excluding hydrogens is 369 g/mol. The highest BCUT2D eigenvalue weighted by molar-refractivity contribution is 7.89. The van der Waals surface area contributed by atoms with Crippen LogP contribution in [0.25, 0.3) is 0 Å². The van der Waals surface area contributed by atoms with Crippen LogP contribution in [-0.4, -0.2) is 52.6 Å². The fourth-order valence-corrected chi connectivity index (χ4v) is 3.34. The van der Waals surface area contributed by atoms with Crippen LogP contribution in [0.15, 0.2) is 29.2 Å². The highest BCUT2D eigenvalue weighted by atomic mass is 35.5. The average Bonchev–Trinajstić information content (AvgIpc) is 2.45. The first-order valence-electron chi connectivity index (χ1n) is 6.76. The average molecular weight is 391 g/mol. The van der Waals surface area contributed by atoms with Crippen molar-refractivity contribution in [3.63, 3.8) is 0 Å². The SMILES string of the molecule is Cl.Cl.O=S(=O)(NCCCN1CCNCC1)c1ccc(Cl)cc1. The summed E-state index contributed by atoms with van der Waals surface area (Å²) in [6.07, 6.45) is 0.812. The third kappa shape index (κ3) is 7.00. The molecule has 1 heterocycles. The summed E-state index contributed by atoms with van der Waals surface area (Å²) in [7, 11) is -3.42. The van der Waals surface area contributed by atoms with E-state index in [1.165, 1.54) is 12.1 Å². The minimum absolute atomic E-state index is 0. The standard InChI is InChI=1S/C13H20ClN3O2S.2ClH/c14-12-2-4-13(5-3-12)20(18,19)16-6-1-9-17-10-7-15-8-11-17;;/h2-5,15-16H,1,6-11H2;2*1H. The van der Waals surface area contributed by atoms with E-state index in [0.29, 0.717) is 11.6 Å². The third-order valence-corrected chi connectivity index (χ3v) is 5.01. The molecule has 128 valence electrons. The van der Waals surface area contributed by atoms with Gasteiger partial charge in [0.1, 0.15) is 0 Å². The second-order valence-corrected chi connectivity index (χ2v) is 7.00. The summed E-state index contributed by atoms with van der Waals surface area (Å²) in [5.74, 6) is 0. The zero-order chi connectivity index (χ0) is 14.4. The molecule has 1 aromatic carbocycles. The van der Waals surface area contributed by atoms with Crippen molar-refractivity contribution in [1.29, 1.82) is 0 Å². The fourth-order valence-electron chi connectivity index (χ4n) is 2.14. The Hall–Kier alpha value is -0.0800. The van der Waals surface area contributed by atoms with E-state index in [1.807, 2.05) is 0 Å². The van der Waals surface area contributed by atoms with Gasteiger partial charge in [0.25, 0.3) is 0 Å². The smallest absolute Gasteiger partial charge is 0.240 e. The molecule has 9 heteroatoms. The van der Waals surface area contributed by atoms with Crippen LogP contribution in [0, 0.1) is 0 Å². The van der Waals surface area contributed by atoms with Gasteiger partial charge in [-0.3, -0.25) is 0 Å². The Balaban J connectivity index is 0.00000220. The first kappa shape index (κ1) is 21.9. The first-order chi connectivity index (χ1) is 9.58. The Kier molecular flexibility index (Phi) is 10.6. The molecule has 1 saturated heterocycles. The van der Waals surface area contributed by atoms with Gasteiger partial charge < -0.3 is 10.2 Å². The molecule has 0 bridgehead atoms. The van der Waals surface area contributed by atoms with Gasteiger partial charge in [0.2, 0.25) is 10.0 Å². The zero-order valence-corrected chi connectivity index (χ0v) is 15.3. The van der Waals surface area contributed by atoms with E-state index >= 15 is 0 Å². The third-order valence-electron chi connectivity index (χ3n) is 3.28. The van der Waals surface area contributed by atoms with Crippen LogP contribution < -0.4 is 10.0 Å². The molecule has 0 aromatic heterocycles. The lowest BCUT2D eigenvalue weighted by molar-refractivity contribution is 0.239. The molecule has 22 heavy (non-hydrogen) atoms. The Bertz CT molecular complexity index is 520. The first-order valence-corrected chi connectivity index (χ1v) is 8.62. The lowest BCUT2D eigenvalue weighted by Gasteiger charge is -2.27. The van der Waals surface area contributed by atoms with Gasteiger partial charge in [0.15, 0.2) is 0 Å². The van der Waals surface area contributed by atoms with E-state index in [2.05, 4.69) is 14.9 Å². The Labute approximate surface area is 149 Å². The van der Waals surface area contributed by atoms with Crippen LogP contribution in [0.5, 0.6) is 0 Å². The number of halogens is 3. The monoisotopic (exact) mass is 389 g/mol. The molecule has 2 rings (SSSR count). The largest absolute Gasteiger partial charge is 0.314 e. The summed E-state index contributed by atoms with van der Waals surface area (Å²) in [5.41, 5.74) is 0. The summed E-state index contributed by atoms with van der Waals surface area (Å²) in [4.78, 5) is 2.59. The molecular formula is C13H22Cl3N3O2S. The van der Waals surface area contributed by atoms with Crippen molar-refractivity contribution in [3.05, 3.63) is 29.3 Å². The van der Waals surface area contributed by atoms with Crippen LogP contribution in [0.1, 0.15) is 6.42 Å². The van der Waals surface area contributed by atoms with Crippen molar-refractivity contribution >= 4 is 46.4 Å². The second-order valence-electron chi connectivity index (χ2n) is 4.80. The van der Waals surface area contributed by atoms with Crippen LogP contribution in [0.3, 0.4) is 0 Å². The number of hydrogen-bond acceptors (Lipinski definition) is 4. The molecule has 2 N–H and O–H groups in total. The Morgan fingerprint density at radius 2 is 1.73 bits per heavy atom. The topological polar surface area (TPSA) is 61.4 Å². The number of nitrogens with one attached hydrogen (secondary N) is 2. The second kappa shape index (κ2) is 10.6. The van der Waals surface area contributed by atoms with Crippen LogP contribution in [0.4, 0.5) is 0 Å². The number of hydrogen-bond donors (Lipinski definition) is 2. The molecule has 0 spiro atoms. The van der Waals surface area contributed by atoms with Gasteiger partial charge in [-0.1, -0.05) is 11.6 Å². The van der Waals surface area contributed by atoms with Crippen molar-refractivity contribution in [1.82, 2.24) is 14.9 Å². The van der Waals surface area contributed by atoms with Crippen molar-refractivity contribution < 1.29 is 8.42 Å². The maximum atomic E-state index is 12.0. The molecule has 1 fully saturated rings. The highest BCUT2D eigenvalue weighted by Gasteiger charge is 2.13. The predicted molar refractivity (Wildman–Crippen MR) is 95.1 cm³/mol. The molecule has 0 saturated carbocycles. The Morgan fingerprint density at radius 3 is 2.32 bits per heavy atom. The number of nitrogens with zero attached hydrogens (tertiary/aromatic N) is 1. The molecule has 1 aliphatic heterocycles. The maximum Gasteiger partial charge on any atom is 0.240 e. The molecule has 0 radical (unpaired) electrons. The minimum Gasteiger partial charge on any atom is -0.314 e. The van der Waals surface area contributed by atoms with Crippen LogP contribution in [0.2, 0.25) is 5.02 Å². The van der Waals surface area contributed by atoms with Crippen LogP contribution in [-0.2, 0) is 10.0 Å². The predicted octanol–water partition coefficient (Wildman–Crippen LogP) is 1.76. The lowest BCUT2D eigenvalue weighted by atomic mass is 10.3. The summed E-state index contributed by atoms with van der Waals surface area (Å²) < 4.78 is 26.7. The lowest BCUT2D eigenvalue weighted by Crippen LogP contribution is -2.44. The number of piperazine rings is 1. The van der Waals surface area contributed by atoms with E-state index in [9.17, 15) is 8.42 Å². The molecule has 0 aliphatic carbocycles. The maximum absolute atomic E-state index is 12.0. The normalized spacial score (nSPS) is 15.7. The van der Waals surface area contributed by atoms with Gasteiger partial charge >= 0.3 is 0 Å². The van der Waals surface area contributed by atoms with Crippen LogP contribution >= 0.6 is 36.4 Å². The van der Waals surface area contributed by atoms with E-state index in [0.717, 1.165) is 39.1 Å². The summed E-state index contributed by atoms with van der Waals surface area (Å²) in [5, 5.41) is 3.82. The molecule has 1 aromatic rings. The summed E-state index contributed by atoms with van der Waals surface area (Å²) >= 11 is 5.75. The van der Waals surface area contributed by atoms with E-state index in [-0.39, 0.29) is 29.7 Å². The van der Waals surface area contributed by atoms with Gasteiger partial charge in [0.05, 0.1) is 4.90 Å². The fraction of sp³-hybridized carbons (Fsp3) is 0.538. The number of sulfonamides is 1. The molecule has 0 unspecified atom stereocenters. The van der Waals surface area contributed by atoms with Gasteiger partial charge in [-0.05, 0) is 37.2 Å². The van der Waals surface area contributed by atoms with E-state index in [1.54, 1.807) is 12.1 Å². The quantitative estimate of drug-likeness (QED) is 0.727. The van der Waals surface area contributed by atoms with E-state index < -0.39 is 10.0 Å². The van der Waals surface area contributed by atoms with Crippen molar-refractivity contribution in [2.45, 2.75) is 11.3 Å². The molecule has 5 nitrogen and oxygen atoms in total. The van der Waals surface area contributed by atoms with E-state index in [4.69, 9.17) is 11.6 Å². The number of rotatable bonds is 6. The van der Waals surface area contributed by atoms with Gasteiger partial charge in [-0.2, -0.15) is 0 Å². The molecule has 0 atom stereocenters. The Morgan fingerprint density at radius 1 is 1.14 bits per heavy atom. The molecule has 1 aliphatic rings. The van der Waals surface area contributed by atoms with Gasteiger partial charge in [0, 0.05) is 37.7 Å². The van der Waals surface area contributed by atoms with Crippen molar-refractivity contribution in [2.75, 3.05) is 39.3 Å².